The molecule has 0 bridgehead atoms. The number of carboxylic acid groups (broad SMARTS) is 1. The van der Waals surface area contributed by atoms with Crippen LogP contribution in [0.4, 0.5) is 5.82 Å². The van der Waals surface area contributed by atoms with Crippen LogP contribution in [-0.2, 0) is 5.75 Å². The van der Waals surface area contributed by atoms with Crippen molar-refractivity contribution in [3.8, 4) is 11.3 Å². The third-order valence-corrected chi connectivity index (χ3v) is 5.67. The number of nitrogens with zero attached hydrogens (tertiary/aromatic N) is 3. The van der Waals surface area contributed by atoms with Gasteiger partial charge in [-0.2, -0.15) is 0 Å². The summed E-state index contributed by atoms with van der Waals surface area (Å²) in [5.41, 5.74) is 3.21. The maximum absolute atomic E-state index is 10.9. The highest BCUT2D eigenvalue weighted by atomic mass is 32.2. The summed E-state index contributed by atoms with van der Waals surface area (Å²) in [7, 11) is 0. The van der Waals surface area contributed by atoms with Crippen molar-refractivity contribution < 1.29 is 9.90 Å². The fourth-order valence-electron chi connectivity index (χ4n) is 3.23. The third-order valence-electron chi connectivity index (χ3n) is 4.75. The highest BCUT2D eigenvalue weighted by Crippen LogP contribution is 2.28. The largest absolute Gasteiger partial charge is 0.545 e. The van der Waals surface area contributed by atoms with Gasteiger partial charge in [0.2, 0.25) is 0 Å². The van der Waals surface area contributed by atoms with E-state index in [-0.39, 0.29) is 5.56 Å². The highest BCUT2D eigenvalue weighted by molar-refractivity contribution is 7.98. The lowest BCUT2D eigenvalue weighted by Crippen LogP contribution is -2.21. The SMILES string of the molecule is O=C([O-])c1ccc(CSc2nc(-c3ccccc3)cc(N3CCCC3)n2)cc1. The van der Waals surface area contributed by atoms with E-state index in [4.69, 9.17) is 9.97 Å². The maximum Gasteiger partial charge on any atom is 0.190 e. The Morgan fingerprint density at radius 2 is 1.71 bits per heavy atom. The molecule has 2 aromatic carbocycles. The van der Waals surface area contributed by atoms with Crippen LogP contribution in [0.2, 0.25) is 0 Å². The number of carboxylic acids is 1. The number of aromatic nitrogens is 2. The van der Waals surface area contributed by atoms with Crippen LogP contribution in [0.1, 0.15) is 28.8 Å². The molecule has 0 saturated carbocycles. The lowest BCUT2D eigenvalue weighted by molar-refractivity contribution is -0.255. The Labute approximate surface area is 168 Å². The molecule has 0 atom stereocenters. The van der Waals surface area contributed by atoms with Crippen LogP contribution in [0.25, 0.3) is 11.3 Å². The van der Waals surface area contributed by atoms with Crippen LogP contribution in [0, 0.1) is 0 Å². The predicted octanol–water partition coefficient (Wildman–Crippen LogP) is 3.40. The van der Waals surface area contributed by atoms with Gasteiger partial charge in [-0.05, 0) is 24.0 Å². The number of anilines is 1. The van der Waals surface area contributed by atoms with E-state index in [0.717, 1.165) is 40.9 Å². The summed E-state index contributed by atoms with van der Waals surface area (Å²) in [5.74, 6) is 0.486. The molecule has 5 nitrogen and oxygen atoms in total. The number of benzene rings is 2. The first-order valence-electron chi connectivity index (χ1n) is 9.31. The first kappa shape index (κ1) is 18.5. The molecule has 2 heterocycles. The molecule has 1 fully saturated rings. The molecule has 6 heteroatoms. The van der Waals surface area contributed by atoms with Crippen molar-refractivity contribution in [2.24, 2.45) is 0 Å². The van der Waals surface area contributed by atoms with Gasteiger partial charge in [-0.15, -0.1) is 0 Å². The van der Waals surface area contributed by atoms with Crippen molar-refractivity contribution in [3.63, 3.8) is 0 Å². The Morgan fingerprint density at radius 1 is 1.00 bits per heavy atom. The maximum atomic E-state index is 10.9. The monoisotopic (exact) mass is 390 g/mol. The molecule has 28 heavy (non-hydrogen) atoms. The number of carbonyl (C=O) groups excluding carboxylic acids is 1. The minimum atomic E-state index is -1.16. The smallest absolute Gasteiger partial charge is 0.190 e. The van der Waals surface area contributed by atoms with Crippen molar-refractivity contribution in [2.75, 3.05) is 18.0 Å². The zero-order valence-corrected chi connectivity index (χ0v) is 16.2. The van der Waals surface area contributed by atoms with Crippen LogP contribution < -0.4 is 10.0 Å². The van der Waals surface area contributed by atoms with Gasteiger partial charge in [0.05, 0.1) is 11.7 Å². The van der Waals surface area contributed by atoms with Gasteiger partial charge in [-0.25, -0.2) is 9.97 Å². The Kier molecular flexibility index (Phi) is 5.58. The number of rotatable bonds is 6. The van der Waals surface area contributed by atoms with Crippen LogP contribution in [-0.4, -0.2) is 29.0 Å². The molecule has 0 unspecified atom stereocenters. The molecule has 3 aromatic rings. The van der Waals surface area contributed by atoms with E-state index in [0.29, 0.717) is 5.75 Å². The number of hydrogen-bond donors (Lipinski definition) is 0. The first-order valence-corrected chi connectivity index (χ1v) is 10.3. The fraction of sp³-hybridized carbons (Fsp3) is 0.227. The molecular weight excluding hydrogens is 370 g/mol. The summed E-state index contributed by atoms with van der Waals surface area (Å²) in [4.78, 5) is 22.7. The van der Waals surface area contributed by atoms with Gasteiger partial charge in [0, 0.05) is 30.5 Å². The second kappa shape index (κ2) is 8.44. The highest BCUT2D eigenvalue weighted by Gasteiger charge is 2.16. The Balaban J connectivity index is 1.58. The lowest BCUT2D eigenvalue weighted by Gasteiger charge is -2.18. The summed E-state index contributed by atoms with van der Waals surface area (Å²) in [6.07, 6.45) is 2.38. The van der Waals surface area contributed by atoms with Gasteiger partial charge < -0.3 is 14.8 Å². The average molecular weight is 390 g/mol. The van der Waals surface area contributed by atoms with Gasteiger partial charge in [-0.1, -0.05) is 66.4 Å². The second-order valence-corrected chi connectivity index (χ2v) is 7.67. The number of thioether (sulfide) groups is 1. The zero-order valence-electron chi connectivity index (χ0n) is 15.4. The molecule has 0 amide bonds. The summed E-state index contributed by atoms with van der Waals surface area (Å²) in [6.45, 7) is 2.06. The zero-order chi connectivity index (χ0) is 19.3. The quantitative estimate of drug-likeness (QED) is 0.475. The Bertz CT molecular complexity index is 955. The lowest BCUT2D eigenvalue weighted by atomic mass is 10.1. The van der Waals surface area contributed by atoms with Gasteiger partial charge >= 0.3 is 0 Å². The van der Waals surface area contributed by atoms with Crippen LogP contribution in [0.15, 0.2) is 65.8 Å². The Hall–Kier alpha value is -2.86. The summed E-state index contributed by atoms with van der Waals surface area (Å²) in [6, 6.07) is 19.0. The number of aromatic carboxylic acids is 1. The van der Waals surface area contributed by atoms with E-state index in [1.165, 1.54) is 12.8 Å². The molecule has 4 rings (SSSR count). The van der Waals surface area contributed by atoms with Gasteiger partial charge in [0.15, 0.2) is 5.16 Å². The molecular formula is C22H20N3O2S-. The van der Waals surface area contributed by atoms with E-state index in [1.54, 1.807) is 36.0 Å². The molecule has 0 N–H and O–H groups in total. The summed E-state index contributed by atoms with van der Waals surface area (Å²) < 4.78 is 0. The molecule has 0 aliphatic carbocycles. The Morgan fingerprint density at radius 3 is 2.39 bits per heavy atom. The van der Waals surface area contributed by atoms with Gasteiger partial charge in [0.1, 0.15) is 5.82 Å². The fourth-order valence-corrected chi connectivity index (χ4v) is 4.04. The molecule has 1 aliphatic rings. The number of hydrogen-bond acceptors (Lipinski definition) is 6. The van der Waals surface area contributed by atoms with Crippen molar-refractivity contribution in [3.05, 3.63) is 71.8 Å². The number of carbonyl (C=O) groups is 1. The average Bonchev–Trinajstić information content (AvgIpc) is 3.28. The van der Waals surface area contributed by atoms with Crippen LogP contribution in [0.3, 0.4) is 0 Å². The first-order chi connectivity index (χ1) is 13.7. The van der Waals surface area contributed by atoms with E-state index in [9.17, 15) is 9.90 Å². The van der Waals surface area contributed by atoms with Crippen LogP contribution in [0.5, 0.6) is 0 Å². The van der Waals surface area contributed by atoms with Crippen molar-refractivity contribution in [2.45, 2.75) is 23.8 Å². The molecule has 0 spiro atoms. The van der Waals surface area contributed by atoms with Gasteiger partial charge in [-0.3, -0.25) is 0 Å². The van der Waals surface area contributed by atoms with Crippen molar-refractivity contribution in [1.82, 2.24) is 9.97 Å². The van der Waals surface area contributed by atoms with Crippen molar-refractivity contribution >= 4 is 23.5 Å². The van der Waals surface area contributed by atoms with E-state index < -0.39 is 5.97 Å². The second-order valence-electron chi connectivity index (χ2n) is 6.73. The molecule has 0 radical (unpaired) electrons. The van der Waals surface area contributed by atoms with E-state index >= 15 is 0 Å². The molecule has 1 aromatic heterocycles. The van der Waals surface area contributed by atoms with Crippen LogP contribution >= 0.6 is 11.8 Å². The standard InChI is InChI=1S/C22H21N3O2S/c26-21(27)18-10-8-16(9-11-18)15-28-22-23-19(17-6-2-1-3-7-17)14-20(24-22)25-12-4-5-13-25/h1-3,6-11,14H,4-5,12-13,15H2,(H,26,27)/p-1. The summed E-state index contributed by atoms with van der Waals surface area (Å²) in [5, 5.41) is 11.6. The third kappa shape index (κ3) is 4.34. The normalized spacial score (nSPS) is 13.6. The van der Waals surface area contributed by atoms with Gasteiger partial charge in [0.25, 0.3) is 0 Å². The predicted molar refractivity (Wildman–Crippen MR) is 109 cm³/mol. The minimum Gasteiger partial charge on any atom is -0.545 e. The summed E-state index contributed by atoms with van der Waals surface area (Å²) >= 11 is 1.56. The minimum absolute atomic E-state index is 0.187. The topological polar surface area (TPSA) is 69.2 Å². The molecule has 1 aliphatic heterocycles. The molecule has 1 saturated heterocycles. The van der Waals surface area contributed by atoms with Crippen molar-refractivity contribution in [1.29, 1.82) is 0 Å². The molecule has 142 valence electrons. The van der Waals surface area contributed by atoms with E-state index in [1.807, 2.05) is 18.2 Å². The van der Waals surface area contributed by atoms with E-state index in [2.05, 4.69) is 23.1 Å².